The van der Waals surface area contributed by atoms with Crippen LogP contribution in [0.5, 0.6) is 0 Å². The molecule has 1 unspecified atom stereocenters. The van der Waals surface area contributed by atoms with Gasteiger partial charge in [-0.25, -0.2) is 13.9 Å². The summed E-state index contributed by atoms with van der Waals surface area (Å²) in [5, 5.41) is 24.4. The van der Waals surface area contributed by atoms with Gasteiger partial charge in [-0.2, -0.15) is 10.4 Å². The zero-order valence-electron chi connectivity index (χ0n) is 21.8. The molecule has 0 bridgehead atoms. The fraction of sp³-hybridized carbons (Fsp3) is 0.207. The number of nitrogens with two attached hydrogens (primary N) is 1. The molecule has 1 saturated heterocycles. The van der Waals surface area contributed by atoms with Gasteiger partial charge in [0.25, 0.3) is 5.91 Å². The highest BCUT2D eigenvalue weighted by Crippen LogP contribution is 2.31. The Morgan fingerprint density at radius 1 is 1.20 bits per heavy atom. The van der Waals surface area contributed by atoms with Crippen molar-refractivity contribution in [2.45, 2.75) is 6.10 Å². The first kappa shape index (κ1) is 26.5. The highest BCUT2D eigenvalue weighted by molar-refractivity contribution is 6.10. The molecule has 0 saturated carbocycles. The number of amides is 1. The highest BCUT2D eigenvalue weighted by atomic mass is 19.1. The van der Waals surface area contributed by atoms with E-state index >= 15 is 0 Å². The summed E-state index contributed by atoms with van der Waals surface area (Å²) >= 11 is 0. The van der Waals surface area contributed by atoms with Gasteiger partial charge in [-0.3, -0.25) is 9.79 Å². The van der Waals surface area contributed by atoms with E-state index in [2.05, 4.69) is 21.1 Å². The highest BCUT2D eigenvalue weighted by Gasteiger charge is 2.29. The van der Waals surface area contributed by atoms with Gasteiger partial charge in [-0.1, -0.05) is 18.2 Å². The van der Waals surface area contributed by atoms with Gasteiger partial charge < -0.3 is 20.6 Å². The van der Waals surface area contributed by atoms with Gasteiger partial charge in [0.1, 0.15) is 17.7 Å². The van der Waals surface area contributed by atoms with Gasteiger partial charge in [0, 0.05) is 85.9 Å². The number of hydrogen-bond acceptors (Lipinski definition) is 8. The Kier molecular flexibility index (Phi) is 7.52. The largest absolute Gasteiger partial charge is 0.404 e. The van der Waals surface area contributed by atoms with Crippen LogP contribution in [0.15, 0.2) is 72.2 Å². The quantitative estimate of drug-likeness (QED) is 0.360. The number of halogens is 1. The molecule has 3 aromatic heterocycles. The van der Waals surface area contributed by atoms with Gasteiger partial charge in [-0.05, 0) is 24.3 Å². The van der Waals surface area contributed by atoms with Crippen LogP contribution in [0, 0.1) is 17.1 Å². The minimum atomic E-state index is -1.54. The fourth-order valence-electron chi connectivity index (χ4n) is 4.83. The van der Waals surface area contributed by atoms with E-state index in [0.29, 0.717) is 42.8 Å². The molecule has 40 heavy (non-hydrogen) atoms. The Balaban J connectivity index is 1.35. The van der Waals surface area contributed by atoms with Crippen LogP contribution < -0.4 is 10.6 Å². The van der Waals surface area contributed by atoms with Gasteiger partial charge in [0.15, 0.2) is 6.10 Å². The maximum Gasteiger partial charge on any atom is 0.256 e. The van der Waals surface area contributed by atoms with Crippen molar-refractivity contribution < 1.29 is 14.3 Å². The average molecular weight is 539 g/mol. The van der Waals surface area contributed by atoms with E-state index in [1.165, 1.54) is 35.5 Å². The Labute approximate surface area is 230 Å². The van der Waals surface area contributed by atoms with Crippen molar-refractivity contribution in [1.29, 1.82) is 5.26 Å². The number of piperazine rings is 1. The monoisotopic (exact) mass is 538 g/mol. The van der Waals surface area contributed by atoms with Crippen molar-refractivity contribution in [3.63, 3.8) is 0 Å². The van der Waals surface area contributed by atoms with Gasteiger partial charge in [0.05, 0.1) is 17.3 Å². The number of pyridine rings is 2. The molecule has 0 spiro atoms. The molecule has 4 heterocycles. The summed E-state index contributed by atoms with van der Waals surface area (Å²) in [5.41, 5.74) is 9.95. The number of carbonyl (C=O) groups is 1. The molecule has 1 atom stereocenters. The van der Waals surface area contributed by atoms with Crippen LogP contribution >= 0.6 is 0 Å². The smallest absolute Gasteiger partial charge is 0.256 e. The number of rotatable bonds is 6. The lowest BCUT2D eigenvalue weighted by Crippen LogP contribution is -2.50. The Morgan fingerprint density at radius 3 is 2.62 bits per heavy atom. The van der Waals surface area contributed by atoms with Crippen LogP contribution in [0.25, 0.3) is 22.2 Å². The number of benzene rings is 1. The third-order valence-electron chi connectivity index (χ3n) is 6.92. The number of anilines is 1. The number of nitriles is 1. The lowest BCUT2D eigenvalue weighted by Gasteiger charge is -2.36. The Morgan fingerprint density at radius 2 is 1.98 bits per heavy atom. The van der Waals surface area contributed by atoms with Crippen LogP contribution in [0.2, 0.25) is 0 Å². The molecule has 1 aliphatic heterocycles. The average Bonchev–Trinajstić information content (AvgIpc) is 3.42. The summed E-state index contributed by atoms with van der Waals surface area (Å²) in [4.78, 5) is 25.1. The molecule has 5 rings (SSSR count). The van der Waals surface area contributed by atoms with E-state index in [1.54, 1.807) is 36.2 Å². The van der Waals surface area contributed by atoms with E-state index in [4.69, 9.17) is 5.73 Å². The molecule has 1 amide bonds. The van der Waals surface area contributed by atoms with Gasteiger partial charge in [0.2, 0.25) is 0 Å². The number of aliphatic hydroxyl groups excluding tert-OH is 1. The first-order valence-electron chi connectivity index (χ1n) is 12.6. The maximum atomic E-state index is 14.0. The van der Waals surface area contributed by atoms with Crippen molar-refractivity contribution in [3.8, 4) is 17.2 Å². The van der Waals surface area contributed by atoms with Crippen LogP contribution in [0.4, 0.5) is 10.2 Å². The predicted octanol–water partition coefficient (Wildman–Crippen LogP) is 2.79. The number of nitrogens with zero attached hydrogens (tertiary/aromatic N) is 7. The van der Waals surface area contributed by atoms with Crippen LogP contribution in [-0.4, -0.2) is 70.0 Å². The van der Waals surface area contributed by atoms with Crippen LogP contribution in [-0.2, 0) is 4.79 Å². The maximum absolute atomic E-state index is 14.0. The van der Waals surface area contributed by atoms with Crippen molar-refractivity contribution in [1.82, 2.24) is 19.5 Å². The number of aliphatic hydroxyl groups is 1. The summed E-state index contributed by atoms with van der Waals surface area (Å²) in [7, 11) is 1.66. The summed E-state index contributed by atoms with van der Waals surface area (Å²) in [6.07, 6.45) is 6.63. The molecule has 1 aliphatic rings. The Bertz CT molecular complexity index is 1650. The summed E-state index contributed by atoms with van der Waals surface area (Å²) < 4.78 is 15.7. The molecule has 1 fully saturated rings. The third kappa shape index (κ3) is 5.00. The molecule has 11 heteroatoms. The number of carbonyl (C=O) groups excluding carboxylic acids is 1. The van der Waals surface area contributed by atoms with E-state index in [0.717, 1.165) is 22.5 Å². The molecule has 4 aromatic rings. The topological polar surface area (TPSA) is 136 Å². The molecule has 0 radical (unpaired) electrons. The van der Waals surface area contributed by atoms with Crippen molar-refractivity contribution in [2.75, 3.05) is 38.1 Å². The number of aliphatic imine (C=N–C) groups is 1. The van der Waals surface area contributed by atoms with Crippen molar-refractivity contribution in [2.24, 2.45) is 10.7 Å². The standard InChI is InChI=1S/C29H27FN8O2/c1-33-15-21(13-31)20-12-24(27-22(14-32)17-35-38(27)18-20)19-6-7-26(34-16-19)36-8-10-37(11-9-36)29(40)28(39)23-4-2-3-5-25(23)30/h2-7,12-13,15-18,28,39H,8-11,31H2,1H3. The minimum absolute atomic E-state index is 0.0286. The molecule has 3 N–H and O–H groups in total. The van der Waals surface area contributed by atoms with E-state index in [-0.39, 0.29) is 5.56 Å². The van der Waals surface area contributed by atoms with Crippen molar-refractivity contribution >= 4 is 29.0 Å². The zero-order chi connectivity index (χ0) is 28.2. The fourth-order valence-corrected chi connectivity index (χ4v) is 4.83. The molecule has 1 aromatic carbocycles. The Hall–Kier alpha value is -5.08. The third-order valence-corrected chi connectivity index (χ3v) is 6.92. The van der Waals surface area contributed by atoms with E-state index in [9.17, 15) is 19.6 Å². The normalized spacial score (nSPS) is 15.0. The molecule has 10 nitrogen and oxygen atoms in total. The number of allylic oxidation sites excluding steroid dienone is 1. The van der Waals surface area contributed by atoms with Gasteiger partial charge in [-0.15, -0.1) is 0 Å². The van der Waals surface area contributed by atoms with E-state index in [1.807, 2.05) is 23.1 Å². The first-order chi connectivity index (χ1) is 19.4. The second-order valence-corrected chi connectivity index (χ2v) is 9.26. The minimum Gasteiger partial charge on any atom is -0.404 e. The summed E-state index contributed by atoms with van der Waals surface area (Å²) in [6.45, 7) is 1.74. The number of fused-ring (bicyclic) bond motifs is 1. The molecule has 0 aliphatic carbocycles. The molecular formula is C29H27FN8O2. The predicted molar refractivity (Wildman–Crippen MR) is 150 cm³/mol. The lowest BCUT2D eigenvalue weighted by molar-refractivity contribution is -0.141. The first-order valence-corrected chi connectivity index (χ1v) is 12.6. The summed E-state index contributed by atoms with van der Waals surface area (Å²) in [6, 6.07) is 13.7. The second-order valence-electron chi connectivity index (χ2n) is 9.26. The summed E-state index contributed by atoms with van der Waals surface area (Å²) in [5.74, 6) is -0.405. The SMILES string of the molecule is CN=CC(=CN)c1cc(-c2ccc(N3CCN(C(=O)C(O)c4ccccc4F)CC3)nc2)c2c(C#N)cnn2c1. The molecule has 202 valence electrons. The number of hydrogen-bond donors (Lipinski definition) is 2. The van der Waals surface area contributed by atoms with Crippen LogP contribution in [0.3, 0.4) is 0 Å². The van der Waals surface area contributed by atoms with Crippen LogP contribution in [0.1, 0.15) is 22.8 Å². The van der Waals surface area contributed by atoms with E-state index < -0.39 is 17.8 Å². The van der Waals surface area contributed by atoms with Gasteiger partial charge >= 0.3 is 0 Å². The molecular weight excluding hydrogens is 511 g/mol. The zero-order valence-corrected chi connectivity index (χ0v) is 21.8. The lowest BCUT2D eigenvalue weighted by atomic mass is 10.0. The second kappa shape index (κ2) is 11.3. The van der Waals surface area contributed by atoms with Crippen molar-refractivity contribution in [3.05, 3.63) is 89.8 Å². The number of aromatic nitrogens is 3.